The number of fused-ring (bicyclic) bond motifs is 3. The van der Waals surface area contributed by atoms with Crippen molar-refractivity contribution in [3.8, 4) is 11.3 Å². The summed E-state index contributed by atoms with van der Waals surface area (Å²) in [5.74, 6) is 0. The molecule has 0 aliphatic carbocycles. The monoisotopic (exact) mass is 274 g/mol. The molecule has 0 aliphatic heterocycles. The van der Waals surface area contributed by atoms with Gasteiger partial charge in [-0.05, 0) is 38.1 Å². The molecule has 0 radical (unpaired) electrons. The smallest absolute Gasteiger partial charge is 0.135 e. The third-order valence-electron chi connectivity index (χ3n) is 3.72. The molecule has 0 bridgehead atoms. The zero-order chi connectivity index (χ0) is 14.4. The van der Waals surface area contributed by atoms with Crippen LogP contribution in [0.1, 0.15) is 11.4 Å². The molecular weight excluding hydrogens is 260 g/mol. The van der Waals surface area contributed by atoms with Crippen molar-refractivity contribution in [2.45, 2.75) is 13.8 Å². The highest BCUT2D eigenvalue weighted by Crippen LogP contribution is 2.32. The van der Waals surface area contributed by atoms with Crippen LogP contribution in [0.25, 0.3) is 33.2 Å². The van der Waals surface area contributed by atoms with Crippen LogP contribution in [-0.4, -0.2) is 9.97 Å². The van der Waals surface area contributed by atoms with Gasteiger partial charge in [-0.1, -0.05) is 18.2 Å². The number of benzene rings is 2. The number of rotatable bonds is 1. The van der Waals surface area contributed by atoms with Gasteiger partial charge in [-0.25, -0.2) is 0 Å². The molecule has 2 aromatic heterocycles. The standard InChI is InChI=1S/C18H14N2O/c1-11-10-19-18(12(2)20-11)13-7-8-17-15(9-13)14-5-3-4-6-16(14)21-17/h3-10H,1-2H3. The van der Waals surface area contributed by atoms with E-state index in [-0.39, 0.29) is 0 Å². The number of aromatic nitrogens is 2. The van der Waals surface area contributed by atoms with Crippen LogP contribution in [-0.2, 0) is 0 Å². The van der Waals surface area contributed by atoms with Crippen LogP contribution in [0.15, 0.2) is 53.1 Å². The number of hydrogen-bond donors (Lipinski definition) is 0. The van der Waals surface area contributed by atoms with Gasteiger partial charge >= 0.3 is 0 Å². The normalized spacial score (nSPS) is 11.3. The van der Waals surface area contributed by atoms with Crippen molar-refractivity contribution in [2.75, 3.05) is 0 Å². The van der Waals surface area contributed by atoms with Gasteiger partial charge in [-0.3, -0.25) is 9.97 Å². The van der Waals surface area contributed by atoms with Crippen molar-refractivity contribution in [2.24, 2.45) is 0 Å². The van der Waals surface area contributed by atoms with Crippen molar-refractivity contribution in [3.63, 3.8) is 0 Å². The second-order valence-corrected chi connectivity index (χ2v) is 5.25. The molecule has 0 atom stereocenters. The second kappa shape index (κ2) is 4.42. The number of hydrogen-bond acceptors (Lipinski definition) is 3. The highest BCUT2D eigenvalue weighted by Gasteiger charge is 2.10. The highest BCUT2D eigenvalue weighted by molar-refractivity contribution is 6.06. The topological polar surface area (TPSA) is 38.9 Å². The second-order valence-electron chi connectivity index (χ2n) is 5.25. The van der Waals surface area contributed by atoms with Gasteiger partial charge in [-0.15, -0.1) is 0 Å². The van der Waals surface area contributed by atoms with E-state index in [0.29, 0.717) is 0 Å². The van der Waals surface area contributed by atoms with Crippen LogP contribution in [0.4, 0.5) is 0 Å². The Morgan fingerprint density at radius 3 is 2.57 bits per heavy atom. The fraction of sp³-hybridized carbons (Fsp3) is 0.111. The summed E-state index contributed by atoms with van der Waals surface area (Å²) >= 11 is 0. The summed E-state index contributed by atoms with van der Waals surface area (Å²) < 4.78 is 5.86. The first-order chi connectivity index (χ1) is 10.2. The molecule has 0 saturated carbocycles. The summed E-state index contributed by atoms with van der Waals surface area (Å²) in [6.07, 6.45) is 1.81. The SMILES string of the molecule is Cc1cnc(-c2ccc3oc4ccccc4c3c2)c(C)n1. The molecule has 4 rings (SSSR count). The first kappa shape index (κ1) is 12.1. The van der Waals surface area contributed by atoms with Gasteiger partial charge < -0.3 is 4.42 Å². The molecule has 21 heavy (non-hydrogen) atoms. The molecule has 3 nitrogen and oxygen atoms in total. The van der Waals surface area contributed by atoms with Gasteiger partial charge in [0.2, 0.25) is 0 Å². The summed E-state index contributed by atoms with van der Waals surface area (Å²) in [5, 5.41) is 2.25. The molecule has 0 spiro atoms. The van der Waals surface area contributed by atoms with Crippen LogP contribution in [0.2, 0.25) is 0 Å². The Morgan fingerprint density at radius 1 is 0.905 bits per heavy atom. The van der Waals surface area contributed by atoms with Gasteiger partial charge in [0.05, 0.1) is 17.1 Å². The Bertz CT molecular complexity index is 969. The van der Waals surface area contributed by atoms with Crippen molar-refractivity contribution in [1.82, 2.24) is 9.97 Å². The van der Waals surface area contributed by atoms with E-state index in [1.165, 1.54) is 0 Å². The van der Waals surface area contributed by atoms with E-state index >= 15 is 0 Å². The summed E-state index contributed by atoms with van der Waals surface area (Å²) in [4.78, 5) is 9.02. The van der Waals surface area contributed by atoms with Gasteiger partial charge in [0.1, 0.15) is 11.2 Å². The summed E-state index contributed by atoms with van der Waals surface area (Å²) in [6.45, 7) is 3.95. The molecule has 0 unspecified atom stereocenters. The van der Waals surface area contributed by atoms with Crippen molar-refractivity contribution >= 4 is 21.9 Å². The molecule has 0 aliphatic rings. The fourth-order valence-electron chi connectivity index (χ4n) is 2.75. The van der Waals surface area contributed by atoms with Crippen molar-refractivity contribution in [3.05, 3.63) is 60.0 Å². The van der Waals surface area contributed by atoms with E-state index in [1.807, 2.05) is 44.2 Å². The lowest BCUT2D eigenvalue weighted by molar-refractivity contribution is 0.669. The highest BCUT2D eigenvalue weighted by atomic mass is 16.3. The Hall–Kier alpha value is -2.68. The molecule has 102 valence electrons. The Kier molecular flexibility index (Phi) is 2.54. The van der Waals surface area contributed by atoms with E-state index in [9.17, 15) is 0 Å². The Morgan fingerprint density at radius 2 is 1.71 bits per heavy atom. The number of furan rings is 1. The van der Waals surface area contributed by atoms with Gasteiger partial charge in [-0.2, -0.15) is 0 Å². The predicted octanol–water partition coefficient (Wildman–Crippen LogP) is 4.66. The van der Waals surface area contributed by atoms with E-state index in [1.54, 1.807) is 6.20 Å². The molecule has 2 heterocycles. The lowest BCUT2D eigenvalue weighted by Crippen LogP contribution is -1.94. The lowest BCUT2D eigenvalue weighted by Gasteiger charge is -2.05. The minimum absolute atomic E-state index is 0.901. The van der Waals surface area contributed by atoms with E-state index in [2.05, 4.69) is 22.1 Å². The number of nitrogens with zero attached hydrogens (tertiary/aromatic N) is 2. The van der Waals surface area contributed by atoms with Gasteiger partial charge in [0.15, 0.2) is 0 Å². The molecule has 2 aromatic carbocycles. The molecule has 0 fully saturated rings. The first-order valence-electron chi connectivity index (χ1n) is 6.94. The minimum Gasteiger partial charge on any atom is -0.456 e. The number of aryl methyl sites for hydroxylation is 2. The molecule has 4 aromatic rings. The van der Waals surface area contributed by atoms with Crippen LogP contribution in [0.5, 0.6) is 0 Å². The summed E-state index contributed by atoms with van der Waals surface area (Å²) in [5.41, 5.74) is 5.69. The molecule has 0 amide bonds. The van der Waals surface area contributed by atoms with Crippen molar-refractivity contribution < 1.29 is 4.42 Å². The first-order valence-corrected chi connectivity index (χ1v) is 6.94. The summed E-state index contributed by atoms with van der Waals surface area (Å²) in [7, 11) is 0. The molecule has 0 N–H and O–H groups in total. The number of para-hydroxylation sites is 1. The van der Waals surface area contributed by atoms with E-state index in [4.69, 9.17) is 4.42 Å². The largest absolute Gasteiger partial charge is 0.456 e. The van der Waals surface area contributed by atoms with Gasteiger partial charge in [0, 0.05) is 22.5 Å². The van der Waals surface area contributed by atoms with Crippen LogP contribution in [0.3, 0.4) is 0 Å². The molecule has 0 saturated heterocycles. The van der Waals surface area contributed by atoms with Crippen LogP contribution in [0, 0.1) is 13.8 Å². The van der Waals surface area contributed by atoms with E-state index in [0.717, 1.165) is 44.6 Å². The molecule has 3 heteroatoms. The average Bonchev–Trinajstić information content (AvgIpc) is 2.85. The van der Waals surface area contributed by atoms with E-state index < -0.39 is 0 Å². The zero-order valence-electron chi connectivity index (χ0n) is 11.9. The maximum absolute atomic E-state index is 5.86. The maximum Gasteiger partial charge on any atom is 0.135 e. The van der Waals surface area contributed by atoms with Gasteiger partial charge in [0.25, 0.3) is 0 Å². The van der Waals surface area contributed by atoms with Crippen molar-refractivity contribution in [1.29, 1.82) is 0 Å². The fourth-order valence-corrected chi connectivity index (χ4v) is 2.75. The zero-order valence-corrected chi connectivity index (χ0v) is 11.9. The third-order valence-corrected chi connectivity index (χ3v) is 3.72. The average molecular weight is 274 g/mol. The quantitative estimate of drug-likeness (QED) is 0.506. The summed E-state index contributed by atoms with van der Waals surface area (Å²) in [6, 6.07) is 14.3. The van der Waals surface area contributed by atoms with Crippen LogP contribution >= 0.6 is 0 Å². The molecular formula is C18H14N2O. The Labute approximate surface area is 122 Å². The Balaban J connectivity index is 1.99. The maximum atomic E-state index is 5.86. The van der Waals surface area contributed by atoms with Crippen LogP contribution < -0.4 is 0 Å². The lowest BCUT2D eigenvalue weighted by atomic mass is 10.1. The third kappa shape index (κ3) is 1.89. The predicted molar refractivity (Wildman–Crippen MR) is 84.2 cm³/mol. The minimum atomic E-state index is 0.901.